The summed E-state index contributed by atoms with van der Waals surface area (Å²) in [5.41, 5.74) is 3.25. The van der Waals surface area contributed by atoms with Gasteiger partial charge in [0.15, 0.2) is 0 Å². The summed E-state index contributed by atoms with van der Waals surface area (Å²) in [6.07, 6.45) is 2.93. The van der Waals surface area contributed by atoms with E-state index in [4.69, 9.17) is 0 Å². The maximum Gasteiger partial charge on any atom is 0.226 e. The van der Waals surface area contributed by atoms with E-state index in [1.807, 2.05) is 41.4 Å². The highest BCUT2D eigenvalue weighted by Crippen LogP contribution is 2.48. The third-order valence-electron chi connectivity index (χ3n) is 5.75. The molecule has 0 N–H and O–H groups in total. The van der Waals surface area contributed by atoms with Gasteiger partial charge in [-0.05, 0) is 53.6 Å². The molecule has 1 fully saturated rings. The summed E-state index contributed by atoms with van der Waals surface area (Å²) in [6.45, 7) is 6.21. The van der Waals surface area contributed by atoms with E-state index in [1.54, 1.807) is 12.1 Å². The second-order valence-electron chi connectivity index (χ2n) is 8.73. The second-order valence-corrected chi connectivity index (χ2v) is 8.73. The Morgan fingerprint density at radius 3 is 2.63 bits per heavy atom. The maximum atomic E-state index is 13.6. The van der Waals surface area contributed by atoms with E-state index < -0.39 is 0 Å². The van der Waals surface area contributed by atoms with Gasteiger partial charge >= 0.3 is 0 Å². The fourth-order valence-electron chi connectivity index (χ4n) is 4.22. The lowest BCUT2D eigenvalue weighted by molar-refractivity contribution is -0.134. The Balaban J connectivity index is 1.48. The van der Waals surface area contributed by atoms with E-state index in [1.165, 1.54) is 11.6 Å². The summed E-state index contributed by atoms with van der Waals surface area (Å²) in [5.74, 6) is 0.842. The molecule has 0 unspecified atom stereocenters. The molecule has 0 radical (unpaired) electrons. The zero-order valence-electron chi connectivity index (χ0n) is 17.7. The van der Waals surface area contributed by atoms with E-state index >= 15 is 0 Å². The molecule has 4 heteroatoms. The molecule has 1 aromatic heterocycles. The minimum Gasteiger partial charge on any atom is -0.345 e. The Kier molecular flexibility index (Phi) is 6.03. The molecule has 3 aromatic rings. The van der Waals surface area contributed by atoms with Crippen molar-refractivity contribution in [2.24, 2.45) is 11.8 Å². The summed E-state index contributed by atoms with van der Waals surface area (Å²) >= 11 is 0. The minimum absolute atomic E-state index is 0.0813. The molecular weight excluding hydrogens is 375 g/mol. The van der Waals surface area contributed by atoms with Crippen LogP contribution in [0.15, 0.2) is 72.9 Å². The van der Waals surface area contributed by atoms with Gasteiger partial charge < -0.3 is 9.47 Å². The standard InChI is InChI=1S/C26H29FN2O/c1-19(2)16-29(26(30)25-15-24(25)21-9-4-3-5-10-21)18-23-12-7-13-28(23)17-20-8-6-11-22(27)14-20/h3-14,19,24-25H,15-18H2,1-2H3/t24-,25-/m0/s1. The molecule has 2 atom stereocenters. The number of amides is 1. The molecule has 0 saturated heterocycles. The summed E-state index contributed by atoms with van der Waals surface area (Å²) in [5, 5.41) is 0. The van der Waals surface area contributed by atoms with Crippen molar-refractivity contribution in [1.82, 2.24) is 9.47 Å². The Hall–Kier alpha value is -2.88. The summed E-state index contributed by atoms with van der Waals surface area (Å²) in [6, 6.07) is 21.1. The zero-order chi connectivity index (χ0) is 21.1. The van der Waals surface area contributed by atoms with Gasteiger partial charge in [0.2, 0.25) is 5.91 Å². The number of hydrogen-bond donors (Lipinski definition) is 0. The van der Waals surface area contributed by atoms with Gasteiger partial charge in [-0.1, -0.05) is 56.3 Å². The average molecular weight is 405 g/mol. The van der Waals surface area contributed by atoms with E-state index in [9.17, 15) is 9.18 Å². The summed E-state index contributed by atoms with van der Waals surface area (Å²) < 4.78 is 15.7. The van der Waals surface area contributed by atoms with Gasteiger partial charge in [-0.25, -0.2) is 4.39 Å². The largest absolute Gasteiger partial charge is 0.345 e. The van der Waals surface area contributed by atoms with Crippen molar-refractivity contribution in [2.75, 3.05) is 6.54 Å². The van der Waals surface area contributed by atoms with Gasteiger partial charge in [0.25, 0.3) is 0 Å². The molecule has 1 aliphatic carbocycles. The lowest BCUT2D eigenvalue weighted by atomic mass is 10.1. The first-order valence-electron chi connectivity index (χ1n) is 10.7. The SMILES string of the molecule is CC(C)CN(Cc1cccn1Cc1cccc(F)c1)C(=O)[C@H]1C[C@H]1c1ccccc1. The number of carbonyl (C=O) groups is 1. The average Bonchev–Trinajstić information content (AvgIpc) is 3.42. The molecule has 1 aliphatic rings. The first kappa shape index (κ1) is 20.4. The molecule has 3 nitrogen and oxygen atoms in total. The van der Waals surface area contributed by atoms with E-state index in [2.05, 4.69) is 36.6 Å². The van der Waals surface area contributed by atoms with Gasteiger partial charge in [-0.2, -0.15) is 0 Å². The lowest BCUT2D eigenvalue weighted by Crippen LogP contribution is -2.35. The Morgan fingerprint density at radius 2 is 1.90 bits per heavy atom. The summed E-state index contributed by atoms with van der Waals surface area (Å²) in [4.78, 5) is 15.3. The highest BCUT2D eigenvalue weighted by molar-refractivity contribution is 5.83. The number of benzene rings is 2. The first-order valence-corrected chi connectivity index (χ1v) is 10.7. The van der Waals surface area contributed by atoms with Crippen molar-refractivity contribution in [2.45, 2.75) is 39.3 Å². The van der Waals surface area contributed by atoms with Crippen molar-refractivity contribution in [3.8, 4) is 0 Å². The molecule has 156 valence electrons. The zero-order valence-corrected chi connectivity index (χ0v) is 17.7. The van der Waals surface area contributed by atoms with Crippen molar-refractivity contribution >= 4 is 5.91 Å². The minimum atomic E-state index is -0.224. The molecular formula is C26H29FN2O. The van der Waals surface area contributed by atoms with Gasteiger partial charge in [0, 0.05) is 30.9 Å². The molecule has 1 saturated carbocycles. The smallest absolute Gasteiger partial charge is 0.226 e. The molecule has 0 spiro atoms. The fourth-order valence-corrected chi connectivity index (χ4v) is 4.22. The lowest BCUT2D eigenvalue weighted by Gasteiger charge is -2.26. The molecule has 2 aromatic carbocycles. The van der Waals surface area contributed by atoms with E-state index in [-0.39, 0.29) is 17.6 Å². The van der Waals surface area contributed by atoms with Crippen molar-refractivity contribution in [3.05, 3.63) is 95.6 Å². The van der Waals surface area contributed by atoms with Gasteiger partial charge in [0.05, 0.1) is 6.54 Å². The Labute approximate surface area is 178 Å². The highest BCUT2D eigenvalue weighted by atomic mass is 19.1. The van der Waals surface area contributed by atoms with Crippen LogP contribution < -0.4 is 0 Å². The number of aromatic nitrogens is 1. The molecule has 30 heavy (non-hydrogen) atoms. The van der Waals surface area contributed by atoms with Crippen LogP contribution in [0.4, 0.5) is 4.39 Å². The second kappa shape index (κ2) is 8.86. The predicted molar refractivity (Wildman–Crippen MR) is 117 cm³/mol. The van der Waals surface area contributed by atoms with Crippen LogP contribution in [0.25, 0.3) is 0 Å². The molecule has 1 heterocycles. The van der Waals surface area contributed by atoms with Crippen LogP contribution in [-0.2, 0) is 17.9 Å². The Morgan fingerprint density at radius 1 is 1.10 bits per heavy atom. The fraction of sp³-hybridized carbons (Fsp3) is 0.346. The van der Waals surface area contributed by atoms with Gasteiger partial charge in [0.1, 0.15) is 5.82 Å². The number of carbonyl (C=O) groups excluding carboxylic acids is 1. The van der Waals surface area contributed by atoms with E-state index in [0.717, 1.165) is 24.2 Å². The normalized spacial score (nSPS) is 17.9. The summed E-state index contributed by atoms with van der Waals surface area (Å²) in [7, 11) is 0. The van der Waals surface area contributed by atoms with Crippen LogP contribution in [0.5, 0.6) is 0 Å². The van der Waals surface area contributed by atoms with Crippen LogP contribution in [0.3, 0.4) is 0 Å². The highest BCUT2D eigenvalue weighted by Gasteiger charge is 2.45. The number of halogens is 1. The number of hydrogen-bond acceptors (Lipinski definition) is 1. The van der Waals surface area contributed by atoms with Gasteiger partial charge in [-0.3, -0.25) is 4.79 Å². The van der Waals surface area contributed by atoms with Crippen LogP contribution in [0.2, 0.25) is 0 Å². The predicted octanol–water partition coefficient (Wildman–Crippen LogP) is 5.46. The Bertz CT molecular complexity index is 995. The number of nitrogens with zero attached hydrogens (tertiary/aromatic N) is 2. The third-order valence-corrected chi connectivity index (χ3v) is 5.75. The van der Waals surface area contributed by atoms with E-state index in [0.29, 0.717) is 24.9 Å². The van der Waals surface area contributed by atoms with Crippen LogP contribution in [0, 0.1) is 17.7 Å². The molecule has 0 aliphatic heterocycles. The van der Waals surface area contributed by atoms with Crippen LogP contribution >= 0.6 is 0 Å². The topological polar surface area (TPSA) is 25.2 Å². The first-order chi connectivity index (χ1) is 14.5. The van der Waals surface area contributed by atoms with Crippen molar-refractivity contribution in [1.29, 1.82) is 0 Å². The number of rotatable bonds is 8. The van der Waals surface area contributed by atoms with Crippen LogP contribution in [0.1, 0.15) is 43.0 Å². The third kappa shape index (κ3) is 4.81. The van der Waals surface area contributed by atoms with Crippen molar-refractivity contribution < 1.29 is 9.18 Å². The molecule has 1 amide bonds. The quantitative estimate of drug-likeness (QED) is 0.489. The van der Waals surface area contributed by atoms with Gasteiger partial charge in [-0.15, -0.1) is 0 Å². The van der Waals surface area contributed by atoms with Crippen LogP contribution in [-0.4, -0.2) is 21.9 Å². The monoisotopic (exact) mass is 404 g/mol. The molecule has 4 rings (SSSR count). The van der Waals surface area contributed by atoms with Crippen molar-refractivity contribution in [3.63, 3.8) is 0 Å². The molecule has 0 bridgehead atoms. The maximum absolute atomic E-state index is 13.6.